The van der Waals surface area contributed by atoms with Gasteiger partial charge in [-0.3, -0.25) is 4.90 Å². The Labute approximate surface area is 152 Å². The van der Waals surface area contributed by atoms with Crippen LogP contribution in [0.5, 0.6) is 5.75 Å². The maximum absolute atomic E-state index is 14.0. The van der Waals surface area contributed by atoms with Crippen molar-refractivity contribution >= 4 is 17.4 Å². The molecule has 0 amide bonds. The summed E-state index contributed by atoms with van der Waals surface area (Å²) in [7, 11) is 1.48. The lowest BCUT2D eigenvalue weighted by atomic mass is 9.86. The van der Waals surface area contributed by atoms with Gasteiger partial charge in [0.05, 0.1) is 18.3 Å². The fourth-order valence-corrected chi connectivity index (χ4v) is 3.89. The highest BCUT2D eigenvalue weighted by Gasteiger charge is 2.36. The first-order valence-corrected chi connectivity index (χ1v) is 8.85. The van der Waals surface area contributed by atoms with Gasteiger partial charge in [0.25, 0.3) is 0 Å². The molecule has 0 aromatic heterocycles. The Morgan fingerprint density at radius 3 is 2.56 bits per heavy atom. The zero-order valence-corrected chi connectivity index (χ0v) is 14.9. The van der Waals surface area contributed by atoms with Crippen LogP contribution in [0.3, 0.4) is 0 Å². The van der Waals surface area contributed by atoms with Gasteiger partial charge in [-0.15, -0.1) is 0 Å². The van der Waals surface area contributed by atoms with E-state index in [-0.39, 0.29) is 11.6 Å². The largest absolute Gasteiger partial charge is 0.494 e. The number of nitrogens with zero attached hydrogens (tertiary/aromatic N) is 2. The molecule has 2 aromatic carbocycles. The van der Waals surface area contributed by atoms with Gasteiger partial charge < -0.3 is 4.74 Å². The van der Waals surface area contributed by atoms with Crippen molar-refractivity contribution in [2.24, 2.45) is 4.99 Å². The van der Waals surface area contributed by atoms with E-state index >= 15 is 0 Å². The summed E-state index contributed by atoms with van der Waals surface area (Å²) in [5.74, 6) is -0.0589. The smallest absolute Gasteiger partial charge is 0.165 e. The first-order chi connectivity index (χ1) is 12.2. The van der Waals surface area contributed by atoms with Gasteiger partial charge in [0.1, 0.15) is 0 Å². The van der Waals surface area contributed by atoms with Gasteiger partial charge in [-0.25, -0.2) is 9.38 Å². The van der Waals surface area contributed by atoms with Crippen molar-refractivity contribution < 1.29 is 9.13 Å². The van der Waals surface area contributed by atoms with Crippen molar-refractivity contribution in [1.29, 1.82) is 0 Å². The average molecular weight is 354 g/mol. The quantitative estimate of drug-likeness (QED) is 0.599. The molecule has 0 radical (unpaired) electrons. The zero-order valence-electron chi connectivity index (χ0n) is 14.0. The lowest BCUT2D eigenvalue weighted by Gasteiger charge is -2.38. The summed E-state index contributed by atoms with van der Waals surface area (Å²) in [5, 5.41) is 2.49. The number of isothiocyanates is 1. The van der Waals surface area contributed by atoms with Gasteiger partial charge in [0.15, 0.2) is 11.6 Å². The van der Waals surface area contributed by atoms with E-state index in [1.807, 2.05) is 6.07 Å². The van der Waals surface area contributed by atoms with Crippen molar-refractivity contribution in [3.63, 3.8) is 0 Å². The monoisotopic (exact) mass is 354 g/mol. The number of methoxy groups -OCH3 is 1. The Hall–Kier alpha value is -2.07. The van der Waals surface area contributed by atoms with Gasteiger partial charge in [-0.2, -0.15) is 0 Å². The number of aliphatic imine (C=N–C) groups is 1. The minimum atomic E-state index is -0.332. The Morgan fingerprint density at radius 2 is 1.84 bits per heavy atom. The molecule has 1 heterocycles. The van der Waals surface area contributed by atoms with Crippen LogP contribution in [0.15, 0.2) is 41.4 Å². The number of benzene rings is 2. The van der Waals surface area contributed by atoms with Crippen LogP contribution in [-0.4, -0.2) is 29.3 Å². The Bertz CT molecular complexity index is 857. The van der Waals surface area contributed by atoms with Crippen LogP contribution >= 0.6 is 12.2 Å². The van der Waals surface area contributed by atoms with Gasteiger partial charge in [0.2, 0.25) is 0 Å². The average Bonchev–Trinajstić information content (AvgIpc) is 3.00. The summed E-state index contributed by atoms with van der Waals surface area (Å²) < 4.78 is 19.0. The lowest BCUT2D eigenvalue weighted by Crippen LogP contribution is -2.43. The standard InChI is InChI=1S/C20H19FN2OS/c1-24-20-5-4-14(7-19(20)21)13-2-3-15-10-23(11-16(15)6-13)18-8-17(9-18)22-12-25/h2-7,17-18H,8-11H2,1H3. The van der Waals surface area contributed by atoms with Crippen LogP contribution in [0.1, 0.15) is 24.0 Å². The Morgan fingerprint density at radius 1 is 1.12 bits per heavy atom. The molecule has 4 rings (SSSR count). The highest BCUT2D eigenvalue weighted by atomic mass is 32.1. The highest BCUT2D eigenvalue weighted by Crippen LogP contribution is 2.36. The van der Waals surface area contributed by atoms with E-state index in [4.69, 9.17) is 4.74 Å². The number of rotatable bonds is 4. The number of ether oxygens (including phenoxy) is 1. The molecule has 1 aliphatic carbocycles. The van der Waals surface area contributed by atoms with Crippen LogP contribution in [0.2, 0.25) is 0 Å². The van der Waals surface area contributed by atoms with E-state index in [1.165, 1.54) is 24.3 Å². The molecular formula is C20H19FN2OS. The van der Waals surface area contributed by atoms with Crippen LogP contribution < -0.4 is 4.74 Å². The summed E-state index contributed by atoms with van der Waals surface area (Å²) in [6.45, 7) is 1.92. The van der Waals surface area contributed by atoms with Gasteiger partial charge >= 0.3 is 0 Å². The number of thiocarbonyl (C=S) groups is 1. The van der Waals surface area contributed by atoms with Crippen LogP contribution in [0, 0.1) is 5.82 Å². The Kier molecular flexibility index (Phi) is 4.38. The first-order valence-electron chi connectivity index (χ1n) is 8.44. The van der Waals surface area contributed by atoms with E-state index in [2.05, 4.69) is 45.5 Å². The number of halogens is 1. The van der Waals surface area contributed by atoms with Crippen molar-refractivity contribution in [2.75, 3.05) is 7.11 Å². The zero-order chi connectivity index (χ0) is 17.4. The minimum Gasteiger partial charge on any atom is -0.494 e. The van der Waals surface area contributed by atoms with Crippen LogP contribution in [0.4, 0.5) is 4.39 Å². The SMILES string of the molecule is COc1ccc(-c2ccc3c(c2)CN(C2CC(N=C=S)C2)C3)cc1F. The van der Waals surface area contributed by atoms with Crippen LogP contribution in [-0.2, 0) is 13.1 Å². The van der Waals surface area contributed by atoms with E-state index < -0.39 is 0 Å². The molecule has 0 unspecified atom stereocenters. The number of hydrogen-bond donors (Lipinski definition) is 0. The lowest BCUT2D eigenvalue weighted by molar-refractivity contribution is 0.110. The molecule has 1 saturated carbocycles. The molecule has 128 valence electrons. The molecule has 25 heavy (non-hydrogen) atoms. The van der Waals surface area contributed by atoms with Gasteiger partial charge in [-0.05, 0) is 65.5 Å². The summed E-state index contributed by atoms with van der Waals surface area (Å²) in [6, 6.07) is 12.5. The van der Waals surface area contributed by atoms with Crippen molar-refractivity contribution in [1.82, 2.24) is 4.90 Å². The molecule has 0 bridgehead atoms. The Balaban J connectivity index is 1.50. The summed E-state index contributed by atoms with van der Waals surface area (Å²) in [5.41, 5.74) is 4.60. The topological polar surface area (TPSA) is 24.8 Å². The maximum Gasteiger partial charge on any atom is 0.165 e. The molecule has 0 spiro atoms. The second kappa shape index (κ2) is 6.68. The van der Waals surface area contributed by atoms with Crippen molar-refractivity contribution in [3.05, 3.63) is 53.3 Å². The van der Waals surface area contributed by atoms with Gasteiger partial charge in [-0.1, -0.05) is 18.2 Å². The molecule has 1 fully saturated rings. The molecule has 5 heteroatoms. The predicted molar refractivity (Wildman–Crippen MR) is 99.5 cm³/mol. The number of fused-ring (bicyclic) bond motifs is 1. The predicted octanol–water partition coefficient (Wildman–Crippen LogP) is 4.45. The maximum atomic E-state index is 14.0. The molecule has 0 N–H and O–H groups in total. The van der Waals surface area contributed by atoms with E-state index in [0.29, 0.717) is 12.1 Å². The third-order valence-corrected chi connectivity index (χ3v) is 5.38. The fourth-order valence-electron chi connectivity index (χ4n) is 3.74. The minimum absolute atomic E-state index is 0.273. The normalized spacial score (nSPS) is 22.0. The molecule has 2 aliphatic rings. The molecule has 3 nitrogen and oxygen atoms in total. The second-order valence-electron chi connectivity index (χ2n) is 6.74. The van der Waals surface area contributed by atoms with E-state index in [9.17, 15) is 4.39 Å². The third kappa shape index (κ3) is 3.11. The van der Waals surface area contributed by atoms with Crippen molar-refractivity contribution in [2.45, 2.75) is 38.0 Å². The molecule has 0 atom stereocenters. The molecule has 0 saturated heterocycles. The molecule has 1 aliphatic heterocycles. The molecular weight excluding hydrogens is 335 g/mol. The molecule has 2 aromatic rings. The summed E-state index contributed by atoms with van der Waals surface area (Å²) >= 11 is 4.68. The second-order valence-corrected chi connectivity index (χ2v) is 6.92. The van der Waals surface area contributed by atoms with Crippen molar-refractivity contribution in [3.8, 4) is 16.9 Å². The summed E-state index contributed by atoms with van der Waals surface area (Å²) in [6.07, 6.45) is 2.13. The van der Waals surface area contributed by atoms with E-state index in [0.717, 1.165) is 37.1 Å². The first kappa shape index (κ1) is 16.4. The highest BCUT2D eigenvalue weighted by molar-refractivity contribution is 7.78. The van der Waals surface area contributed by atoms with E-state index in [1.54, 1.807) is 6.07 Å². The third-order valence-electron chi connectivity index (χ3n) is 5.28. The summed E-state index contributed by atoms with van der Waals surface area (Å²) in [4.78, 5) is 6.67. The fraction of sp³-hybridized carbons (Fsp3) is 0.350. The van der Waals surface area contributed by atoms with Gasteiger partial charge in [0, 0.05) is 19.1 Å². The number of hydrogen-bond acceptors (Lipinski definition) is 4. The van der Waals surface area contributed by atoms with Crippen LogP contribution in [0.25, 0.3) is 11.1 Å².